The zero-order valence-electron chi connectivity index (χ0n) is 27.0. The monoisotopic (exact) mass is 629 g/mol. The highest BCUT2D eigenvalue weighted by Gasteiger charge is 2.52. The molecule has 0 spiro atoms. The molecule has 4 rings (SSSR count). The van der Waals surface area contributed by atoms with Gasteiger partial charge in [0.1, 0.15) is 18.1 Å². The number of carbonyl (C=O) groups is 6. The molecule has 2 aliphatic carbocycles. The summed E-state index contributed by atoms with van der Waals surface area (Å²) in [5.74, 6) is -4.07. The summed E-state index contributed by atoms with van der Waals surface area (Å²) in [5.41, 5.74) is -0.758. The molecule has 2 saturated carbocycles. The van der Waals surface area contributed by atoms with Crippen LogP contribution in [0, 0.1) is 23.2 Å². The van der Waals surface area contributed by atoms with Gasteiger partial charge in [0.05, 0.1) is 6.04 Å². The molecule has 5 N–H and O–H groups in total. The predicted molar refractivity (Wildman–Crippen MR) is 161 cm³/mol. The molecule has 1 aromatic heterocycles. The zero-order valence-corrected chi connectivity index (χ0v) is 27.0. The van der Waals surface area contributed by atoms with E-state index in [1.54, 1.807) is 18.7 Å². The van der Waals surface area contributed by atoms with E-state index in [0.29, 0.717) is 19.4 Å². The van der Waals surface area contributed by atoms with Gasteiger partial charge < -0.3 is 26.2 Å². The molecule has 1 saturated heterocycles. The second kappa shape index (κ2) is 14.0. The summed E-state index contributed by atoms with van der Waals surface area (Å²) in [4.78, 5) is 81.6. The Balaban J connectivity index is 1.53. The number of carbonyl (C=O) groups excluding carboxylic acids is 6. The summed E-state index contributed by atoms with van der Waals surface area (Å²) >= 11 is 0. The molecular weight excluding hydrogens is 582 g/mol. The summed E-state index contributed by atoms with van der Waals surface area (Å²) in [6.45, 7) is 11.2. The molecule has 0 radical (unpaired) electrons. The zero-order chi connectivity index (χ0) is 33.1. The SMILES string of the molecule is CCCC(NC(=O)[C@@H]1[C@H]2CCC[C@H]2CN1C(=O)[C@@H](NC(=O)[C@H](NC(=O)c1nn[nH]n1)C(C)C)C(C)(C)C)C(=O)C(=O)NC1CC1. The number of rotatable bonds is 13. The topological polar surface area (TPSA) is 208 Å². The minimum Gasteiger partial charge on any atom is -0.347 e. The highest BCUT2D eigenvalue weighted by atomic mass is 16.2. The number of fused-ring (bicyclic) bond motifs is 1. The molecule has 0 aromatic carbocycles. The summed E-state index contributed by atoms with van der Waals surface area (Å²) < 4.78 is 0. The molecule has 3 fully saturated rings. The Morgan fingerprint density at radius 1 is 1.00 bits per heavy atom. The van der Waals surface area contributed by atoms with Crippen molar-refractivity contribution < 1.29 is 28.8 Å². The van der Waals surface area contributed by atoms with Crippen LogP contribution in [-0.4, -0.2) is 97.6 Å². The highest BCUT2D eigenvalue weighted by molar-refractivity contribution is 6.38. The number of aromatic nitrogens is 4. The fraction of sp³-hybridized carbons (Fsp3) is 0.767. The smallest absolute Gasteiger partial charge is 0.293 e. The van der Waals surface area contributed by atoms with Gasteiger partial charge in [0.25, 0.3) is 17.6 Å². The number of hydrogen-bond acceptors (Lipinski definition) is 9. The van der Waals surface area contributed by atoms with Crippen molar-refractivity contribution >= 4 is 35.3 Å². The van der Waals surface area contributed by atoms with Crippen molar-refractivity contribution in [1.29, 1.82) is 0 Å². The first kappa shape index (κ1) is 34.0. The molecule has 5 amide bonds. The number of amides is 5. The Hall–Kier alpha value is -3.91. The third-order valence-electron chi connectivity index (χ3n) is 8.97. The summed E-state index contributed by atoms with van der Waals surface area (Å²) in [6.07, 6.45) is 5.09. The fourth-order valence-electron chi connectivity index (χ4n) is 6.37. The van der Waals surface area contributed by atoms with E-state index in [9.17, 15) is 28.8 Å². The first-order valence-electron chi connectivity index (χ1n) is 16.0. The van der Waals surface area contributed by atoms with Crippen LogP contribution in [0.15, 0.2) is 0 Å². The van der Waals surface area contributed by atoms with E-state index >= 15 is 0 Å². The average Bonchev–Trinajstić information content (AvgIpc) is 3.32. The molecule has 15 heteroatoms. The van der Waals surface area contributed by atoms with Gasteiger partial charge in [-0.25, -0.2) is 0 Å². The molecule has 248 valence electrons. The maximum Gasteiger partial charge on any atom is 0.293 e. The Morgan fingerprint density at radius 3 is 2.29 bits per heavy atom. The third kappa shape index (κ3) is 8.03. The minimum absolute atomic E-state index is 0.00811. The number of nitrogens with zero attached hydrogens (tertiary/aromatic N) is 4. The minimum atomic E-state index is -1.03. The lowest BCUT2D eigenvalue weighted by atomic mass is 9.85. The number of hydrogen-bond donors (Lipinski definition) is 5. The van der Waals surface area contributed by atoms with Crippen LogP contribution >= 0.6 is 0 Å². The van der Waals surface area contributed by atoms with Crippen molar-refractivity contribution in [2.24, 2.45) is 23.2 Å². The van der Waals surface area contributed by atoms with Crippen LogP contribution in [0.3, 0.4) is 0 Å². The van der Waals surface area contributed by atoms with Gasteiger partial charge in [-0.05, 0) is 60.5 Å². The van der Waals surface area contributed by atoms with E-state index in [4.69, 9.17) is 0 Å². The number of Topliss-reactive ketones (excluding diaryl/α,β-unsaturated/α-hetero) is 1. The van der Waals surface area contributed by atoms with Crippen LogP contribution < -0.4 is 21.3 Å². The summed E-state index contributed by atoms with van der Waals surface area (Å²) in [5, 5.41) is 23.9. The number of aromatic amines is 1. The fourth-order valence-corrected chi connectivity index (χ4v) is 6.37. The number of tetrazole rings is 1. The number of likely N-dealkylation sites (tertiary alicyclic amines) is 1. The van der Waals surface area contributed by atoms with E-state index in [1.165, 1.54) is 0 Å². The predicted octanol–water partition coefficient (Wildman–Crippen LogP) is 0.245. The number of ketones is 1. The first-order chi connectivity index (χ1) is 21.2. The van der Waals surface area contributed by atoms with Crippen LogP contribution in [0.1, 0.15) is 97.1 Å². The quantitative estimate of drug-likeness (QED) is 0.189. The van der Waals surface area contributed by atoms with Crippen molar-refractivity contribution in [2.75, 3.05) is 6.54 Å². The average molecular weight is 630 g/mol. The molecule has 15 nitrogen and oxygen atoms in total. The molecule has 1 aliphatic heterocycles. The van der Waals surface area contributed by atoms with Crippen LogP contribution in [0.25, 0.3) is 0 Å². The largest absolute Gasteiger partial charge is 0.347 e. The van der Waals surface area contributed by atoms with Gasteiger partial charge >= 0.3 is 0 Å². The summed E-state index contributed by atoms with van der Waals surface area (Å²) in [6, 6.07) is -3.86. The van der Waals surface area contributed by atoms with Gasteiger partial charge in [-0.1, -0.05) is 54.4 Å². The van der Waals surface area contributed by atoms with E-state index in [0.717, 1.165) is 32.1 Å². The van der Waals surface area contributed by atoms with E-state index in [1.807, 2.05) is 27.7 Å². The Kier molecular flexibility index (Phi) is 10.6. The maximum atomic E-state index is 14.3. The molecule has 1 aromatic rings. The van der Waals surface area contributed by atoms with Gasteiger partial charge in [-0.3, -0.25) is 28.8 Å². The van der Waals surface area contributed by atoms with Gasteiger partial charge in [-0.15, -0.1) is 10.2 Å². The van der Waals surface area contributed by atoms with Crippen molar-refractivity contribution in [3.63, 3.8) is 0 Å². The lowest BCUT2D eigenvalue weighted by molar-refractivity contribution is -0.146. The van der Waals surface area contributed by atoms with Crippen molar-refractivity contribution in [3.05, 3.63) is 5.82 Å². The molecule has 2 heterocycles. The van der Waals surface area contributed by atoms with E-state index in [2.05, 4.69) is 41.9 Å². The van der Waals surface area contributed by atoms with Crippen LogP contribution in [0.2, 0.25) is 0 Å². The molecule has 6 atom stereocenters. The van der Waals surface area contributed by atoms with E-state index < -0.39 is 64.9 Å². The summed E-state index contributed by atoms with van der Waals surface area (Å²) in [7, 11) is 0. The Labute approximate surface area is 263 Å². The normalized spacial score (nSPS) is 23.1. The second-order valence-corrected chi connectivity index (χ2v) is 14.0. The Morgan fingerprint density at radius 2 is 1.71 bits per heavy atom. The maximum absolute atomic E-state index is 14.3. The van der Waals surface area contributed by atoms with Crippen LogP contribution in [0.5, 0.6) is 0 Å². The number of nitrogens with one attached hydrogen (secondary N) is 5. The molecule has 1 unspecified atom stereocenters. The molecule has 45 heavy (non-hydrogen) atoms. The second-order valence-electron chi connectivity index (χ2n) is 14.0. The third-order valence-corrected chi connectivity index (χ3v) is 8.97. The Bertz CT molecular complexity index is 1270. The first-order valence-corrected chi connectivity index (χ1v) is 16.0. The molecule has 3 aliphatic rings. The molecule has 0 bridgehead atoms. The van der Waals surface area contributed by atoms with E-state index in [-0.39, 0.29) is 29.6 Å². The lowest BCUT2D eigenvalue weighted by Gasteiger charge is -2.37. The van der Waals surface area contributed by atoms with Crippen molar-refractivity contribution in [1.82, 2.24) is 46.8 Å². The lowest BCUT2D eigenvalue weighted by Crippen LogP contribution is -2.62. The highest BCUT2D eigenvalue weighted by Crippen LogP contribution is 2.43. The van der Waals surface area contributed by atoms with Crippen LogP contribution in [0.4, 0.5) is 0 Å². The van der Waals surface area contributed by atoms with Gasteiger partial charge in [0, 0.05) is 12.6 Å². The van der Waals surface area contributed by atoms with Gasteiger partial charge in [-0.2, -0.15) is 5.21 Å². The van der Waals surface area contributed by atoms with Crippen molar-refractivity contribution in [3.8, 4) is 0 Å². The molecular formula is C30H47N9O6. The van der Waals surface area contributed by atoms with Gasteiger partial charge in [0.2, 0.25) is 23.5 Å². The van der Waals surface area contributed by atoms with Crippen molar-refractivity contribution in [2.45, 2.75) is 117 Å². The number of H-pyrrole nitrogens is 1. The van der Waals surface area contributed by atoms with Gasteiger partial charge in [0.15, 0.2) is 0 Å². The van der Waals surface area contributed by atoms with Crippen LogP contribution in [-0.2, 0) is 24.0 Å². The standard InChI is InChI=1S/C30H47N9O6/c1-7-9-19(22(40)27(43)31-17-12-13-17)32-26(42)21-18-11-8-10-16(18)14-39(21)29(45)23(30(4,5)6)34-25(41)20(15(2)3)33-28(44)24-35-37-38-36-24/h15-21,23H,7-14H2,1-6H3,(H,31,43)(H,32,42)(H,33,44)(H,34,41)(H,35,36,37,38)/t16-,18-,19?,20+,21-,23+/m0/s1.